The van der Waals surface area contributed by atoms with E-state index >= 15 is 0 Å². The van der Waals surface area contributed by atoms with E-state index < -0.39 is 4.92 Å². The van der Waals surface area contributed by atoms with Crippen LogP contribution in [0.2, 0.25) is 0 Å². The summed E-state index contributed by atoms with van der Waals surface area (Å²) in [5.74, 6) is 1.32. The summed E-state index contributed by atoms with van der Waals surface area (Å²) in [6.07, 6.45) is 1.58. The first kappa shape index (κ1) is 23.5. The molecule has 8 heteroatoms. The smallest absolute Gasteiger partial charge is 0.269 e. The van der Waals surface area contributed by atoms with Crippen molar-refractivity contribution in [1.29, 1.82) is 0 Å². The van der Waals surface area contributed by atoms with E-state index in [9.17, 15) is 10.1 Å². The molecule has 7 nitrogen and oxygen atoms in total. The molecule has 3 aromatic rings. The molecular weight excluding hydrogens is 523 g/mol. The summed E-state index contributed by atoms with van der Waals surface area (Å²) in [6, 6.07) is 18.2. The largest absolute Gasteiger partial charge is 0.490 e. The highest BCUT2D eigenvalue weighted by molar-refractivity contribution is 14.1. The third-order valence-electron chi connectivity index (χ3n) is 4.43. The van der Waals surface area contributed by atoms with Gasteiger partial charge in [0.15, 0.2) is 11.5 Å². The number of hydrogen-bond donors (Lipinski definition) is 0. The lowest BCUT2D eigenvalue weighted by atomic mass is 10.1. The van der Waals surface area contributed by atoms with Crippen molar-refractivity contribution in [1.82, 2.24) is 0 Å². The molecule has 0 fully saturated rings. The van der Waals surface area contributed by atoms with Crippen molar-refractivity contribution in [2.24, 2.45) is 5.16 Å². The first-order chi connectivity index (χ1) is 15.5. The van der Waals surface area contributed by atoms with Crippen LogP contribution in [0.25, 0.3) is 0 Å². The highest BCUT2D eigenvalue weighted by atomic mass is 127. The number of non-ortho nitro benzene ring substituents is 1. The molecule has 0 unspecified atom stereocenters. The SMILES string of the molecule is CCOc1cc(/C=N\OCc2cccc([N+](=O)[O-])c2)cc(I)c1OCc1cccc(C)c1. The predicted octanol–water partition coefficient (Wildman–Crippen LogP) is 6.04. The molecule has 32 heavy (non-hydrogen) atoms. The van der Waals surface area contributed by atoms with Crippen molar-refractivity contribution < 1.29 is 19.2 Å². The maximum absolute atomic E-state index is 10.9. The Hall–Kier alpha value is -3.14. The molecule has 0 aliphatic carbocycles. The van der Waals surface area contributed by atoms with Crippen LogP contribution in [0.4, 0.5) is 5.69 Å². The molecule has 0 spiro atoms. The van der Waals surface area contributed by atoms with Gasteiger partial charge in [-0.2, -0.15) is 0 Å². The number of rotatable bonds is 10. The lowest BCUT2D eigenvalue weighted by Gasteiger charge is -2.15. The molecule has 0 aliphatic heterocycles. The molecule has 0 saturated carbocycles. The maximum Gasteiger partial charge on any atom is 0.269 e. The van der Waals surface area contributed by atoms with Crippen molar-refractivity contribution in [3.8, 4) is 11.5 Å². The Balaban J connectivity index is 1.68. The van der Waals surface area contributed by atoms with Gasteiger partial charge in [0, 0.05) is 17.7 Å². The van der Waals surface area contributed by atoms with Gasteiger partial charge in [-0.05, 0) is 59.7 Å². The molecule has 0 N–H and O–H groups in total. The molecule has 166 valence electrons. The van der Waals surface area contributed by atoms with Crippen LogP contribution in [0.3, 0.4) is 0 Å². The molecule has 3 rings (SSSR count). The summed E-state index contributed by atoms with van der Waals surface area (Å²) in [7, 11) is 0. The highest BCUT2D eigenvalue weighted by Gasteiger charge is 2.12. The second-order valence-corrected chi connectivity index (χ2v) is 8.14. The number of ether oxygens (including phenoxy) is 2. The van der Waals surface area contributed by atoms with Gasteiger partial charge in [0.1, 0.15) is 13.2 Å². The Morgan fingerprint density at radius 3 is 2.50 bits per heavy atom. The van der Waals surface area contributed by atoms with Gasteiger partial charge >= 0.3 is 0 Å². The molecule has 0 aliphatic rings. The van der Waals surface area contributed by atoms with E-state index in [1.807, 2.05) is 44.2 Å². The average molecular weight is 546 g/mol. The molecule has 3 aromatic carbocycles. The Morgan fingerprint density at radius 1 is 1.03 bits per heavy atom. The first-order valence-electron chi connectivity index (χ1n) is 9.99. The number of halogens is 1. The van der Waals surface area contributed by atoms with Crippen molar-refractivity contribution in [3.05, 3.63) is 96.6 Å². The second-order valence-electron chi connectivity index (χ2n) is 6.98. The predicted molar refractivity (Wildman–Crippen MR) is 131 cm³/mol. The van der Waals surface area contributed by atoms with Crippen LogP contribution in [0, 0.1) is 20.6 Å². The Morgan fingerprint density at radius 2 is 1.78 bits per heavy atom. The zero-order valence-electron chi connectivity index (χ0n) is 17.8. The Bertz CT molecular complexity index is 1120. The van der Waals surface area contributed by atoms with Gasteiger partial charge in [-0.15, -0.1) is 0 Å². The number of nitro benzene ring substituents is 1. The van der Waals surface area contributed by atoms with Crippen LogP contribution in [0.1, 0.15) is 29.2 Å². The van der Waals surface area contributed by atoms with Crippen LogP contribution in [-0.2, 0) is 18.1 Å². The zero-order valence-corrected chi connectivity index (χ0v) is 19.9. The van der Waals surface area contributed by atoms with E-state index in [2.05, 4.69) is 33.8 Å². The van der Waals surface area contributed by atoms with Crippen LogP contribution >= 0.6 is 22.6 Å². The van der Waals surface area contributed by atoms with Gasteiger partial charge in [-0.25, -0.2) is 0 Å². The van der Waals surface area contributed by atoms with E-state index in [1.54, 1.807) is 18.3 Å². The van der Waals surface area contributed by atoms with Crippen LogP contribution in [0.15, 0.2) is 65.8 Å². The minimum Gasteiger partial charge on any atom is -0.490 e. The first-order valence-corrected chi connectivity index (χ1v) is 11.1. The van der Waals surface area contributed by atoms with Gasteiger partial charge in [-0.1, -0.05) is 47.1 Å². The molecule has 0 amide bonds. The zero-order chi connectivity index (χ0) is 22.9. The molecule has 0 heterocycles. The van der Waals surface area contributed by atoms with Gasteiger partial charge in [0.05, 0.1) is 21.3 Å². The summed E-state index contributed by atoms with van der Waals surface area (Å²) in [5, 5.41) is 14.9. The fourth-order valence-electron chi connectivity index (χ4n) is 2.99. The van der Waals surface area contributed by atoms with Crippen LogP contribution in [-0.4, -0.2) is 17.7 Å². The molecule has 0 aromatic heterocycles. The standard InChI is InChI=1S/C24H23IN2O5/c1-3-30-23-13-20(14-26-32-16-19-8-5-9-21(11-19)27(28)29)12-22(25)24(23)31-15-18-7-4-6-17(2)10-18/h4-14H,3,15-16H2,1-2H3/b26-14-. The third-order valence-corrected chi connectivity index (χ3v) is 5.23. The number of benzene rings is 3. The summed E-state index contributed by atoms with van der Waals surface area (Å²) in [4.78, 5) is 15.7. The quantitative estimate of drug-likeness (QED) is 0.134. The van der Waals surface area contributed by atoms with Crippen LogP contribution in [0.5, 0.6) is 11.5 Å². The fraction of sp³-hybridized carbons (Fsp3) is 0.208. The van der Waals surface area contributed by atoms with Gasteiger partial charge in [-0.3, -0.25) is 10.1 Å². The summed E-state index contributed by atoms with van der Waals surface area (Å²) < 4.78 is 12.7. The van der Waals surface area contributed by atoms with Crippen molar-refractivity contribution in [3.63, 3.8) is 0 Å². The topological polar surface area (TPSA) is 83.2 Å². The lowest BCUT2D eigenvalue weighted by Crippen LogP contribution is -2.03. The van der Waals surface area contributed by atoms with E-state index in [4.69, 9.17) is 14.3 Å². The average Bonchev–Trinajstić information content (AvgIpc) is 2.76. The monoisotopic (exact) mass is 546 g/mol. The molecule has 0 saturated heterocycles. The number of aryl methyl sites for hydroxylation is 1. The third kappa shape index (κ3) is 6.68. The summed E-state index contributed by atoms with van der Waals surface area (Å²) in [6.45, 7) is 5.04. The maximum atomic E-state index is 10.9. The number of nitrogens with zero attached hydrogens (tertiary/aromatic N) is 2. The van der Waals surface area contributed by atoms with Gasteiger partial charge in [0.2, 0.25) is 0 Å². The van der Waals surface area contributed by atoms with E-state index in [-0.39, 0.29) is 12.3 Å². The summed E-state index contributed by atoms with van der Waals surface area (Å²) >= 11 is 2.21. The molecule has 0 bridgehead atoms. The molecular formula is C24H23IN2O5. The lowest BCUT2D eigenvalue weighted by molar-refractivity contribution is -0.384. The highest BCUT2D eigenvalue weighted by Crippen LogP contribution is 2.34. The minimum absolute atomic E-state index is 0.0206. The van der Waals surface area contributed by atoms with Crippen LogP contribution < -0.4 is 9.47 Å². The summed E-state index contributed by atoms with van der Waals surface area (Å²) in [5.41, 5.74) is 3.75. The van der Waals surface area contributed by atoms with Crippen molar-refractivity contribution in [2.75, 3.05) is 6.61 Å². The Labute approximate surface area is 200 Å². The van der Waals surface area contributed by atoms with Gasteiger partial charge in [0.25, 0.3) is 5.69 Å². The van der Waals surface area contributed by atoms with Crippen molar-refractivity contribution in [2.45, 2.75) is 27.1 Å². The number of oxime groups is 1. The number of hydrogen-bond acceptors (Lipinski definition) is 6. The fourth-order valence-corrected chi connectivity index (χ4v) is 3.77. The van der Waals surface area contributed by atoms with Gasteiger partial charge < -0.3 is 14.3 Å². The molecule has 0 atom stereocenters. The minimum atomic E-state index is -0.438. The number of nitro groups is 1. The van der Waals surface area contributed by atoms with Crippen molar-refractivity contribution >= 4 is 34.5 Å². The molecule has 0 radical (unpaired) electrons. The Kier molecular flexibility index (Phi) is 8.43. The van der Waals surface area contributed by atoms with E-state index in [1.165, 1.54) is 17.7 Å². The van der Waals surface area contributed by atoms with E-state index in [0.717, 1.165) is 14.7 Å². The normalized spacial score (nSPS) is 10.8. The second kappa shape index (κ2) is 11.5. The van der Waals surface area contributed by atoms with E-state index in [0.29, 0.717) is 30.3 Å².